The van der Waals surface area contributed by atoms with E-state index in [1.54, 1.807) is 6.07 Å². The lowest BCUT2D eigenvalue weighted by atomic mass is 10.1. The Morgan fingerprint density at radius 2 is 1.90 bits per heavy atom. The molecule has 1 N–H and O–H groups in total. The fourth-order valence-corrected chi connectivity index (χ4v) is 2.51. The van der Waals surface area contributed by atoms with Crippen LogP contribution in [-0.4, -0.2) is 12.5 Å². The van der Waals surface area contributed by atoms with Crippen LogP contribution >= 0.6 is 27.5 Å². The second kappa shape index (κ2) is 6.86. The summed E-state index contributed by atoms with van der Waals surface area (Å²) in [6.07, 6.45) is 0. The molecule has 1 unspecified atom stereocenters. The molecule has 0 aliphatic carbocycles. The Bertz CT molecular complexity index is 586. The van der Waals surface area contributed by atoms with Gasteiger partial charge in [0.15, 0.2) is 0 Å². The minimum absolute atomic E-state index is 0.00979. The van der Waals surface area contributed by atoms with Gasteiger partial charge in [-0.15, -0.1) is 11.6 Å². The fourth-order valence-electron chi connectivity index (χ4n) is 1.77. The van der Waals surface area contributed by atoms with E-state index >= 15 is 0 Å². The smallest absolute Gasteiger partial charge is 0.255 e. The van der Waals surface area contributed by atoms with Crippen LogP contribution in [0.15, 0.2) is 53.0 Å². The molecular weight excluding hydrogens is 345 g/mol. The van der Waals surface area contributed by atoms with Gasteiger partial charge in [0.1, 0.15) is 5.82 Å². The van der Waals surface area contributed by atoms with E-state index in [1.165, 1.54) is 12.1 Å². The summed E-state index contributed by atoms with van der Waals surface area (Å²) in [6, 6.07) is 13.8. The molecular formula is C15H12BrClFNO. The van der Waals surface area contributed by atoms with Crippen LogP contribution in [0.4, 0.5) is 4.39 Å². The average Bonchev–Trinajstić information content (AvgIpc) is 2.45. The fraction of sp³-hybridized carbons (Fsp3) is 0.133. The van der Waals surface area contributed by atoms with Crippen molar-refractivity contribution in [3.63, 3.8) is 0 Å². The van der Waals surface area contributed by atoms with Gasteiger partial charge in [-0.05, 0) is 33.6 Å². The second-order valence-electron chi connectivity index (χ2n) is 4.18. The first kappa shape index (κ1) is 15.0. The molecule has 0 fully saturated rings. The number of carbonyl (C=O) groups is 1. The largest absolute Gasteiger partial charge is 0.350 e. The maximum absolute atomic E-state index is 13.6. The van der Waals surface area contributed by atoms with Crippen LogP contribution < -0.4 is 5.32 Å². The van der Waals surface area contributed by atoms with Crippen LogP contribution in [0, 0.1) is 5.82 Å². The van der Waals surface area contributed by atoms with Crippen LogP contribution in [0.1, 0.15) is 21.3 Å². The van der Waals surface area contributed by atoms with Crippen molar-refractivity contribution in [3.8, 4) is 0 Å². The molecule has 2 nitrogen and oxygen atoms in total. The zero-order chi connectivity index (χ0) is 14.5. The Morgan fingerprint density at radius 1 is 1.20 bits per heavy atom. The van der Waals surface area contributed by atoms with E-state index in [0.29, 0.717) is 4.47 Å². The molecule has 0 saturated carbocycles. The van der Waals surface area contributed by atoms with E-state index in [2.05, 4.69) is 21.2 Å². The Hall–Kier alpha value is -1.39. The van der Waals surface area contributed by atoms with Crippen LogP contribution in [0.3, 0.4) is 0 Å². The van der Waals surface area contributed by atoms with Crippen molar-refractivity contribution in [2.24, 2.45) is 0 Å². The van der Waals surface area contributed by atoms with Crippen LogP contribution in [-0.2, 0) is 0 Å². The van der Waals surface area contributed by atoms with E-state index in [9.17, 15) is 9.18 Å². The third-order valence-electron chi connectivity index (χ3n) is 2.79. The maximum atomic E-state index is 13.6. The molecule has 0 spiro atoms. The third-order valence-corrected chi connectivity index (χ3v) is 3.86. The standard InChI is InChI=1S/C15H12BrClFNO/c16-11-7-4-8-13(18)14(11)15(20)19-9-12(17)10-5-2-1-3-6-10/h1-8,12H,9H2,(H,19,20). The number of carbonyl (C=O) groups excluding carboxylic acids is 1. The Labute approximate surface area is 130 Å². The first-order valence-electron chi connectivity index (χ1n) is 6.01. The monoisotopic (exact) mass is 355 g/mol. The number of nitrogens with one attached hydrogen (secondary N) is 1. The van der Waals surface area contributed by atoms with Gasteiger partial charge in [-0.3, -0.25) is 4.79 Å². The first-order valence-corrected chi connectivity index (χ1v) is 7.23. The van der Waals surface area contributed by atoms with E-state index in [4.69, 9.17) is 11.6 Å². The number of amides is 1. The third kappa shape index (κ3) is 3.58. The Kier molecular flexibility index (Phi) is 5.15. The molecule has 5 heteroatoms. The number of halogens is 3. The summed E-state index contributed by atoms with van der Waals surface area (Å²) < 4.78 is 14.0. The summed E-state index contributed by atoms with van der Waals surface area (Å²) in [7, 11) is 0. The van der Waals surface area contributed by atoms with Crippen molar-refractivity contribution in [2.75, 3.05) is 6.54 Å². The van der Waals surface area contributed by atoms with E-state index in [0.717, 1.165) is 5.56 Å². The summed E-state index contributed by atoms with van der Waals surface area (Å²) >= 11 is 9.36. The number of hydrogen-bond donors (Lipinski definition) is 1. The first-order chi connectivity index (χ1) is 9.59. The van der Waals surface area contributed by atoms with Crippen LogP contribution in [0.2, 0.25) is 0 Å². The predicted molar refractivity (Wildman–Crippen MR) is 81.5 cm³/mol. The van der Waals surface area contributed by atoms with Gasteiger partial charge in [-0.1, -0.05) is 36.4 Å². The molecule has 0 aromatic heterocycles. The molecule has 1 atom stereocenters. The van der Waals surface area contributed by atoms with Gasteiger partial charge < -0.3 is 5.32 Å². The summed E-state index contributed by atoms with van der Waals surface area (Å²) in [5.41, 5.74) is 0.895. The predicted octanol–water partition coefficient (Wildman–Crippen LogP) is 4.30. The number of benzene rings is 2. The van der Waals surface area contributed by atoms with Crippen molar-refractivity contribution >= 4 is 33.4 Å². The molecule has 104 valence electrons. The van der Waals surface area contributed by atoms with Crippen molar-refractivity contribution in [1.82, 2.24) is 5.32 Å². The SMILES string of the molecule is O=C(NCC(Cl)c1ccccc1)c1c(F)cccc1Br. The Morgan fingerprint density at radius 3 is 2.55 bits per heavy atom. The lowest BCUT2D eigenvalue weighted by Gasteiger charge is -2.12. The van der Waals surface area contributed by atoms with Gasteiger partial charge in [-0.25, -0.2) is 4.39 Å². The molecule has 0 saturated heterocycles. The second-order valence-corrected chi connectivity index (χ2v) is 5.57. The lowest BCUT2D eigenvalue weighted by molar-refractivity contribution is 0.0948. The molecule has 2 aromatic rings. The molecule has 2 aromatic carbocycles. The number of rotatable bonds is 4. The molecule has 0 aliphatic rings. The molecule has 0 radical (unpaired) electrons. The van der Waals surface area contributed by atoms with Crippen LogP contribution in [0.25, 0.3) is 0 Å². The quantitative estimate of drug-likeness (QED) is 0.813. The zero-order valence-corrected chi connectivity index (χ0v) is 12.8. The topological polar surface area (TPSA) is 29.1 Å². The van der Waals surface area contributed by atoms with Gasteiger partial charge >= 0.3 is 0 Å². The van der Waals surface area contributed by atoms with Gasteiger partial charge in [0, 0.05) is 11.0 Å². The average molecular weight is 357 g/mol. The van der Waals surface area contributed by atoms with Gasteiger partial charge in [0.25, 0.3) is 5.91 Å². The van der Waals surface area contributed by atoms with Gasteiger partial charge in [-0.2, -0.15) is 0 Å². The summed E-state index contributed by atoms with van der Waals surface area (Å²) in [5.74, 6) is -1.06. The zero-order valence-electron chi connectivity index (χ0n) is 10.4. The normalized spacial score (nSPS) is 11.9. The molecule has 0 aliphatic heterocycles. The van der Waals surface area contributed by atoms with Crippen molar-refractivity contribution in [3.05, 3.63) is 69.9 Å². The van der Waals surface area contributed by atoms with E-state index < -0.39 is 11.7 Å². The van der Waals surface area contributed by atoms with Crippen molar-refractivity contribution in [2.45, 2.75) is 5.38 Å². The Balaban J connectivity index is 2.03. The highest BCUT2D eigenvalue weighted by molar-refractivity contribution is 9.10. The summed E-state index contributed by atoms with van der Waals surface area (Å²) in [4.78, 5) is 12.0. The number of hydrogen-bond acceptors (Lipinski definition) is 1. The molecule has 0 bridgehead atoms. The minimum atomic E-state index is -0.567. The minimum Gasteiger partial charge on any atom is -0.350 e. The highest BCUT2D eigenvalue weighted by Gasteiger charge is 2.16. The maximum Gasteiger partial charge on any atom is 0.255 e. The van der Waals surface area contributed by atoms with Crippen LogP contribution in [0.5, 0.6) is 0 Å². The summed E-state index contributed by atoms with van der Waals surface area (Å²) in [5, 5.41) is 2.28. The molecule has 2 rings (SSSR count). The number of alkyl halides is 1. The highest BCUT2D eigenvalue weighted by atomic mass is 79.9. The van der Waals surface area contributed by atoms with Gasteiger partial charge in [0.05, 0.1) is 10.9 Å². The van der Waals surface area contributed by atoms with Crippen molar-refractivity contribution < 1.29 is 9.18 Å². The molecule has 0 heterocycles. The van der Waals surface area contributed by atoms with Crippen molar-refractivity contribution in [1.29, 1.82) is 0 Å². The summed E-state index contributed by atoms with van der Waals surface area (Å²) in [6.45, 7) is 0.227. The highest BCUT2D eigenvalue weighted by Crippen LogP contribution is 2.21. The lowest BCUT2D eigenvalue weighted by Crippen LogP contribution is -2.28. The molecule has 20 heavy (non-hydrogen) atoms. The van der Waals surface area contributed by atoms with Gasteiger partial charge in [0.2, 0.25) is 0 Å². The van der Waals surface area contributed by atoms with E-state index in [1.807, 2.05) is 30.3 Å². The molecule has 1 amide bonds. The van der Waals surface area contributed by atoms with E-state index in [-0.39, 0.29) is 17.5 Å².